The highest BCUT2D eigenvalue weighted by molar-refractivity contribution is 7.84. The molecule has 0 bridgehead atoms. The minimum Gasteiger partial charge on any atom is -0.302 e. The van der Waals surface area contributed by atoms with E-state index in [4.69, 9.17) is 5.26 Å². The highest BCUT2D eigenvalue weighted by Crippen LogP contribution is 2.35. The Bertz CT molecular complexity index is 1130. The quantitative estimate of drug-likeness (QED) is 0.556. The first-order valence-electron chi connectivity index (χ1n) is 9.16. The molecular formula is C21H24N4O2S2. The number of rotatable bonds is 6. The predicted octanol–water partition coefficient (Wildman–Crippen LogP) is 3.81. The van der Waals surface area contributed by atoms with Gasteiger partial charge in [0.15, 0.2) is 0 Å². The van der Waals surface area contributed by atoms with Gasteiger partial charge in [0.25, 0.3) is 5.56 Å². The molecule has 3 N–H and O–H groups in total. The van der Waals surface area contributed by atoms with Crippen molar-refractivity contribution < 1.29 is 4.21 Å². The van der Waals surface area contributed by atoms with Crippen molar-refractivity contribution in [3.05, 3.63) is 68.3 Å². The highest BCUT2D eigenvalue weighted by Gasteiger charge is 2.34. The number of nitriles is 1. The molecule has 2 atom stereocenters. The van der Waals surface area contributed by atoms with E-state index in [1.165, 1.54) is 6.07 Å². The monoisotopic (exact) mass is 428 g/mol. The predicted molar refractivity (Wildman–Crippen MR) is 118 cm³/mol. The molecule has 1 aromatic carbocycles. The van der Waals surface area contributed by atoms with Gasteiger partial charge in [-0.25, -0.2) is 8.93 Å². The Morgan fingerprint density at radius 2 is 1.90 bits per heavy atom. The van der Waals surface area contributed by atoms with E-state index in [2.05, 4.69) is 27.1 Å². The molecule has 0 spiro atoms. The van der Waals surface area contributed by atoms with Crippen LogP contribution in [0.25, 0.3) is 11.1 Å². The molecule has 2 heterocycles. The minimum atomic E-state index is -1.30. The van der Waals surface area contributed by atoms with Crippen molar-refractivity contribution in [1.82, 2.24) is 14.9 Å². The number of benzene rings is 1. The molecule has 0 aliphatic carbocycles. The van der Waals surface area contributed by atoms with E-state index >= 15 is 0 Å². The Morgan fingerprint density at radius 1 is 1.14 bits per heavy atom. The van der Waals surface area contributed by atoms with Crippen LogP contribution in [0.3, 0.4) is 0 Å². The smallest absolute Gasteiger partial charge is 0.264 e. The summed E-state index contributed by atoms with van der Waals surface area (Å²) in [5.74, 6) is 0. The Kier molecular flexibility index (Phi) is 5.94. The third-order valence-corrected chi connectivity index (χ3v) is 7.48. The molecule has 0 saturated heterocycles. The summed E-state index contributed by atoms with van der Waals surface area (Å²) in [5, 5.41) is 16.6. The lowest BCUT2D eigenvalue weighted by Crippen LogP contribution is -2.47. The van der Waals surface area contributed by atoms with Crippen molar-refractivity contribution >= 4 is 22.3 Å². The maximum absolute atomic E-state index is 12.9. The summed E-state index contributed by atoms with van der Waals surface area (Å²) in [4.78, 5) is 12.5. The summed E-state index contributed by atoms with van der Waals surface area (Å²) in [5.41, 5.74) is 2.45. The molecule has 8 heteroatoms. The molecule has 0 amide bonds. The minimum absolute atomic E-state index is 0.195. The zero-order chi connectivity index (χ0) is 21.2. The van der Waals surface area contributed by atoms with Gasteiger partial charge in [0.1, 0.15) is 0 Å². The molecule has 1 unspecified atom stereocenters. The van der Waals surface area contributed by atoms with E-state index in [1.54, 1.807) is 17.4 Å². The van der Waals surface area contributed by atoms with E-state index in [0.29, 0.717) is 12.0 Å². The van der Waals surface area contributed by atoms with Gasteiger partial charge in [0, 0.05) is 23.1 Å². The van der Waals surface area contributed by atoms with Gasteiger partial charge in [-0.15, -0.1) is 11.3 Å². The lowest BCUT2D eigenvalue weighted by molar-refractivity contribution is 0.441. The Labute approximate surface area is 176 Å². The number of hydrogen-bond acceptors (Lipinski definition) is 4. The van der Waals surface area contributed by atoms with Gasteiger partial charge in [-0.1, -0.05) is 12.1 Å². The maximum atomic E-state index is 12.9. The summed E-state index contributed by atoms with van der Waals surface area (Å²) in [6, 6.07) is 13.2. The molecule has 3 rings (SSSR count). The summed E-state index contributed by atoms with van der Waals surface area (Å²) < 4.78 is 15.8. The van der Waals surface area contributed by atoms with Crippen LogP contribution in [0.4, 0.5) is 0 Å². The van der Waals surface area contributed by atoms with Crippen molar-refractivity contribution in [3.8, 4) is 17.2 Å². The first-order chi connectivity index (χ1) is 13.6. The van der Waals surface area contributed by atoms with E-state index in [0.717, 1.165) is 21.7 Å². The largest absolute Gasteiger partial charge is 0.302 e. The van der Waals surface area contributed by atoms with Gasteiger partial charge < -0.3 is 5.10 Å². The van der Waals surface area contributed by atoms with Crippen LogP contribution in [-0.4, -0.2) is 19.2 Å². The van der Waals surface area contributed by atoms with Gasteiger partial charge in [0.05, 0.1) is 32.9 Å². The fraction of sp³-hybridized carbons (Fsp3) is 0.333. The average Bonchev–Trinajstić information content (AvgIpc) is 3.30. The average molecular weight is 429 g/mol. The summed E-state index contributed by atoms with van der Waals surface area (Å²) in [6.07, 6.45) is 0.464. The lowest BCUT2D eigenvalue weighted by Gasteiger charge is -2.32. The molecule has 6 nitrogen and oxygen atoms in total. The molecule has 0 fully saturated rings. The maximum Gasteiger partial charge on any atom is 0.264 e. The number of H-pyrrole nitrogens is 2. The van der Waals surface area contributed by atoms with Gasteiger partial charge in [-0.05, 0) is 62.4 Å². The zero-order valence-electron chi connectivity index (χ0n) is 16.8. The normalized spacial score (nSPS) is 14.9. The standard InChI is InChI=1S/C21H24N4O2S2/c1-20(2,3)29(27)25-21(4,11-17-10-19(26)24-23-17)18-9-16(13-28-18)15-7-5-6-14(8-15)12-22/h5-10,13,25H,11H2,1-4H3,(H2,23,24,26)/t21-,29?/m0/s1. The number of aromatic amines is 2. The van der Waals surface area contributed by atoms with E-state index in [1.807, 2.05) is 51.3 Å². The third-order valence-electron chi connectivity index (χ3n) is 4.54. The van der Waals surface area contributed by atoms with Crippen LogP contribution in [0.1, 0.15) is 43.8 Å². The van der Waals surface area contributed by atoms with E-state index < -0.39 is 21.3 Å². The fourth-order valence-corrected chi connectivity index (χ4v) is 4.92. The Balaban J connectivity index is 1.99. The van der Waals surface area contributed by atoms with Gasteiger partial charge in [-0.2, -0.15) is 5.26 Å². The first-order valence-corrected chi connectivity index (χ1v) is 11.2. The number of nitrogens with zero attached hydrogens (tertiary/aromatic N) is 1. The SMILES string of the molecule is CC(C)(C)S(=O)N[C@@](C)(Cc1cc(=O)[nH][nH]1)c1cc(-c2cccc(C#N)c2)cs1. The van der Waals surface area contributed by atoms with Crippen molar-refractivity contribution in [2.24, 2.45) is 0 Å². The van der Waals surface area contributed by atoms with Crippen molar-refractivity contribution in [1.29, 1.82) is 5.26 Å². The van der Waals surface area contributed by atoms with Crippen molar-refractivity contribution in [2.45, 2.75) is 44.4 Å². The Morgan fingerprint density at radius 3 is 2.52 bits per heavy atom. The van der Waals surface area contributed by atoms with Gasteiger partial charge in [-0.3, -0.25) is 9.89 Å². The molecule has 152 valence electrons. The second-order valence-electron chi connectivity index (χ2n) is 8.17. The van der Waals surface area contributed by atoms with E-state index in [9.17, 15) is 9.00 Å². The lowest BCUT2D eigenvalue weighted by atomic mass is 9.94. The summed E-state index contributed by atoms with van der Waals surface area (Å²) in [7, 11) is -1.30. The van der Waals surface area contributed by atoms with Gasteiger partial charge in [0.2, 0.25) is 0 Å². The van der Waals surface area contributed by atoms with Crippen LogP contribution in [-0.2, 0) is 22.9 Å². The number of aromatic nitrogens is 2. The number of hydrogen-bond donors (Lipinski definition) is 3. The number of nitrogens with one attached hydrogen (secondary N) is 3. The molecule has 0 aliphatic rings. The van der Waals surface area contributed by atoms with Crippen LogP contribution in [0.2, 0.25) is 0 Å². The highest BCUT2D eigenvalue weighted by atomic mass is 32.2. The second-order valence-corrected chi connectivity index (χ2v) is 11.0. The van der Waals surface area contributed by atoms with Crippen LogP contribution in [0.5, 0.6) is 0 Å². The number of thiophene rings is 1. The molecule has 0 aliphatic heterocycles. The molecular weight excluding hydrogens is 404 g/mol. The van der Waals surface area contributed by atoms with E-state index in [-0.39, 0.29) is 5.56 Å². The Hall–Kier alpha value is -2.47. The topological polar surface area (TPSA) is 102 Å². The van der Waals surface area contributed by atoms with Crippen LogP contribution in [0, 0.1) is 11.3 Å². The van der Waals surface area contributed by atoms with Crippen LogP contribution < -0.4 is 10.3 Å². The molecule has 0 radical (unpaired) electrons. The molecule has 0 saturated carbocycles. The molecule has 3 aromatic rings. The van der Waals surface area contributed by atoms with Gasteiger partial charge >= 0.3 is 0 Å². The summed E-state index contributed by atoms with van der Waals surface area (Å²) >= 11 is 1.56. The van der Waals surface area contributed by atoms with Crippen LogP contribution >= 0.6 is 11.3 Å². The summed E-state index contributed by atoms with van der Waals surface area (Å²) in [6.45, 7) is 7.75. The fourth-order valence-electron chi connectivity index (χ4n) is 2.92. The first kappa shape index (κ1) is 21.2. The second kappa shape index (κ2) is 8.11. The molecule has 29 heavy (non-hydrogen) atoms. The third kappa shape index (κ3) is 4.93. The zero-order valence-corrected chi connectivity index (χ0v) is 18.5. The van der Waals surface area contributed by atoms with Crippen molar-refractivity contribution in [2.75, 3.05) is 0 Å². The van der Waals surface area contributed by atoms with Crippen molar-refractivity contribution in [3.63, 3.8) is 0 Å². The molecule has 2 aromatic heterocycles. The van der Waals surface area contributed by atoms with Crippen LogP contribution in [0.15, 0.2) is 46.6 Å².